The third-order valence-corrected chi connectivity index (χ3v) is 3.40. The molecule has 0 aromatic carbocycles. The predicted octanol–water partition coefficient (Wildman–Crippen LogP) is 3.66. The molecule has 2 rings (SSSR count). The summed E-state index contributed by atoms with van der Waals surface area (Å²) in [6.45, 7) is 5.20. The van der Waals surface area contributed by atoms with Crippen LogP contribution in [0, 0.1) is 16.0 Å². The summed E-state index contributed by atoms with van der Waals surface area (Å²) in [5, 5.41) is 11.1. The van der Waals surface area contributed by atoms with E-state index in [1.807, 2.05) is 0 Å². The Balaban J connectivity index is 2.23. The van der Waals surface area contributed by atoms with E-state index in [4.69, 9.17) is 11.6 Å². The minimum Gasteiger partial charge on any atom is -0.353 e. The first kappa shape index (κ1) is 14.1. The molecular weight excluding hydrogens is 266 g/mol. The van der Waals surface area contributed by atoms with Crippen LogP contribution in [0.1, 0.15) is 33.1 Å². The molecule has 0 amide bonds. The SMILES string of the molecule is CC(C)CCN(c1cc([N+](=O)[O-])cc(Cl)n1)C1CC1. The van der Waals surface area contributed by atoms with Gasteiger partial charge < -0.3 is 4.90 Å². The van der Waals surface area contributed by atoms with Gasteiger partial charge >= 0.3 is 0 Å². The third-order valence-electron chi connectivity index (χ3n) is 3.21. The molecule has 0 atom stereocenters. The maximum absolute atomic E-state index is 10.9. The summed E-state index contributed by atoms with van der Waals surface area (Å²) in [7, 11) is 0. The Labute approximate surface area is 117 Å². The first-order valence-electron chi connectivity index (χ1n) is 6.56. The average molecular weight is 284 g/mol. The van der Waals surface area contributed by atoms with Gasteiger partial charge in [-0.15, -0.1) is 0 Å². The number of nitro groups is 1. The number of nitrogens with zero attached hydrogens (tertiary/aromatic N) is 3. The topological polar surface area (TPSA) is 59.3 Å². The molecule has 0 spiro atoms. The van der Waals surface area contributed by atoms with Crippen molar-refractivity contribution >= 4 is 23.1 Å². The second-order valence-electron chi connectivity index (χ2n) is 5.37. The van der Waals surface area contributed by atoms with Gasteiger partial charge in [-0.05, 0) is 25.2 Å². The Morgan fingerprint density at radius 2 is 2.21 bits per heavy atom. The van der Waals surface area contributed by atoms with Crippen LogP contribution >= 0.6 is 11.6 Å². The molecule has 0 aliphatic heterocycles. The van der Waals surface area contributed by atoms with Gasteiger partial charge in [0, 0.05) is 12.6 Å². The van der Waals surface area contributed by atoms with Gasteiger partial charge in [-0.2, -0.15) is 0 Å². The summed E-state index contributed by atoms with van der Waals surface area (Å²) in [6.07, 6.45) is 3.29. The van der Waals surface area contributed by atoms with Gasteiger partial charge in [0.1, 0.15) is 11.0 Å². The van der Waals surface area contributed by atoms with Gasteiger partial charge in [0.25, 0.3) is 5.69 Å². The van der Waals surface area contributed by atoms with E-state index in [1.165, 1.54) is 12.1 Å². The number of rotatable bonds is 6. The van der Waals surface area contributed by atoms with E-state index in [0.29, 0.717) is 17.8 Å². The van der Waals surface area contributed by atoms with Crippen LogP contribution in [0.2, 0.25) is 5.15 Å². The van der Waals surface area contributed by atoms with Crippen molar-refractivity contribution in [2.45, 2.75) is 39.2 Å². The molecule has 1 aromatic rings. The monoisotopic (exact) mass is 283 g/mol. The maximum atomic E-state index is 10.9. The quantitative estimate of drug-likeness (QED) is 0.454. The van der Waals surface area contributed by atoms with E-state index < -0.39 is 4.92 Å². The van der Waals surface area contributed by atoms with Gasteiger partial charge in [-0.3, -0.25) is 10.1 Å². The number of halogens is 1. The number of aromatic nitrogens is 1. The lowest BCUT2D eigenvalue weighted by molar-refractivity contribution is -0.384. The standard InChI is InChI=1S/C13H18ClN3O2/c1-9(2)5-6-16(10-3-4-10)13-8-11(17(18)19)7-12(14)15-13/h7-10H,3-6H2,1-2H3. The van der Waals surface area contributed by atoms with Gasteiger partial charge in [0.15, 0.2) is 0 Å². The molecule has 0 saturated heterocycles. The van der Waals surface area contributed by atoms with Gasteiger partial charge in [-0.1, -0.05) is 25.4 Å². The van der Waals surface area contributed by atoms with Crippen LogP contribution in [0.3, 0.4) is 0 Å². The highest BCUT2D eigenvalue weighted by molar-refractivity contribution is 6.29. The maximum Gasteiger partial charge on any atom is 0.276 e. The summed E-state index contributed by atoms with van der Waals surface area (Å²) < 4.78 is 0. The highest BCUT2D eigenvalue weighted by atomic mass is 35.5. The minimum atomic E-state index is -0.426. The van der Waals surface area contributed by atoms with Crippen LogP contribution in [0.5, 0.6) is 0 Å². The summed E-state index contributed by atoms with van der Waals surface area (Å²) >= 11 is 5.88. The smallest absolute Gasteiger partial charge is 0.276 e. The number of pyridine rings is 1. The largest absolute Gasteiger partial charge is 0.353 e. The molecule has 0 N–H and O–H groups in total. The molecule has 1 aliphatic carbocycles. The summed E-state index contributed by atoms with van der Waals surface area (Å²) in [5.41, 5.74) is 0.00481. The Hall–Kier alpha value is -1.36. The van der Waals surface area contributed by atoms with Crippen molar-refractivity contribution in [1.29, 1.82) is 0 Å². The molecule has 0 bridgehead atoms. The fourth-order valence-electron chi connectivity index (χ4n) is 1.99. The fraction of sp³-hybridized carbons (Fsp3) is 0.615. The summed E-state index contributed by atoms with van der Waals surface area (Å²) in [5.74, 6) is 1.22. The van der Waals surface area contributed by atoms with Crippen LogP contribution in [-0.4, -0.2) is 22.5 Å². The molecule has 5 nitrogen and oxygen atoms in total. The molecule has 19 heavy (non-hydrogen) atoms. The van der Waals surface area contributed by atoms with Crippen LogP contribution in [0.4, 0.5) is 11.5 Å². The first-order chi connectivity index (χ1) is 8.97. The van der Waals surface area contributed by atoms with Crippen LogP contribution < -0.4 is 4.90 Å². The van der Waals surface area contributed by atoms with E-state index in [2.05, 4.69) is 23.7 Å². The zero-order valence-electron chi connectivity index (χ0n) is 11.2. The van der Waals surface area contributed by atoms with E-state index >= 15 is 0 Å². The normalized spacial score (nSPS) is 14.7. The van der Waals surface area contributed by atoms with Crippen molar-refractivity contribution in [3.8, 4) is 0 Å². The molecule has 1 fully saturated rings. The minimum absolute atomic E-state index is 0.00481. The first-order valence-corrected chi connectivity index (χ1v) is 6.94. The predicted molar refractivity (Wildman–Crippen MR) is 75.7 cm³/mol. The second kappa shape index (κ2) is 5.74. The average Bonchev–Trinajstić information content (AvgIpc) is 3.12. The Morgan fingerprint density at radius 3 is 2.74 bits per heavy atom. The lowest BCUT2D eigenvalue weighted by Gasteiger charge is -2.24. The van der Waals surface area contributed by atoms with Crippen LogP contribution in [0.25, 0.3) is 0 Å². The number of hydrogen-bond donors (Lipinski definition) is 0. The van der Waals surface area contributed by atoms with Crippen molar-refractivity contribution in [2.75, 3.05) is 11.4 Å². The van der Waals surface area contributed by atoms with Crippen LogP contribution in [0.15, 0.2) is 12.1 Å². The molecule has 1 heterocycles. The second-order valence-corrected chi connectivity index (χ2v) is 5.76. The molecule has 1 saturated carbocycles. The molecule has 1 aliphatic rings. The number of anilines is 1. The number of hydrogen-bond acceptors (Lipinski definition) is 4. The van der Waals surface area contributed by atoms with Gasteiger partial charge in [0.2, 0.25) is 0 Å². The van der Waals surface area contributed by atoms with E-state index in [1.54, 1.807) is 0 Å². The van der Waals surface area contributed by atoms with Crippen LogP contribution in [-0.2, 0) is 0 Å². The molecular formula is C13H18ClN3O2. The fourth-order valence-corrected chi connectivity index (χ4v) is 2.19. The van der Waals surface area contributed by atoms with Gasteiger partial charge in [-0.25, -0.2) is 4.98 Å². The lowest BCUT2D eigenvalue weighted by Crippen LogP contribution is -2.28. The van der Waals surface area contributed by atoms with E-state index in [-0.39, 0.29) is 10.8 Å². The zero-order chi connectivity index (χ0) is 14.0. The lowest BCUT2D eigenvalue weighted by atomic mass is 10.1. The van der Waals surface area contributed by atoms with Crippen molar-refractivity contribution in [2.24, 2.45) is 5.92 Å². The van der Waals surface area contributed by atoms with E-state index in [9.17, 15) is 10.1 Å². The Morgan fingerprint density at radius 1 is 1.53 bits per heavy atom. The van der Waals surface area contributed by atoms with Crippen molar-refractivity contribution < 1.29 is 4.92 Å². The molecule has 6 heteroatoms. The summed E-state index contributed by atoms with van der Waals surface area (Å²) in [4.78, 5) is 16.8. The molecule has 104 valence electrons. The Kier molecular flexibility index (Phi) is 4.24. The van der Waals surface area contributed by atoms with Crippen molar-refractivity contribution in [3.63, 3.8) is 0 Å². The van der Waals surface area contributed by atoms with Gasteiger partial charge in [0.05, 0.1) is 17.1 Å². The molecule has 0 unspecified atom stereocenters. The molecule has 1 aromatic heterocycles. The van der Waals surface area contributed by atoms with Crippen molar-refractivity contribution in [1.82, 2.24) is 4.98 Å². The Bertz CT molecular complexity index is 475. The zero-order valence-corrected chi connectivity index (χ0v) is 11.9. The highest BCUT2D eigenvalue weighted by Crippen LogP contribution is 2.33. The third kappa shape index (κ3) is 3.80. The van der Waals surface area contributed by atoms with Crippen molar-refractivity contribution in [3.05, 3.63) is 27.4 Å². The van der Waals surface area contributed by atoms with E-state index in [0.717, 1.165) is 25.8 Å². The molecule has 0 radical (unpaired) electrons. The summed E-state index contributed by atoms with van der Waals surface area (Å²) in [6, 6.07) is 3.27. The highest BCUT2D eigenvalue weighted by Gasteiger charge is 2.30.